The minimum absolute atomic E-state index is 0.0476. The lowest BCUT2D eigenvalue weighted by atomic mass is 9.95. The van der Waals surface area contributed by atoms with Crippen LogP contribution >= 0.6 is 23.1 Å². The summed E-state index contributed by atoms with van der Waals surface area (Å²) in [6.07, 6.45) is 0.861. The van der Waals surface area contributed by atoms with Gasteiger partial charge in [-0.25, -0.2) is 0 Å². The Labute approximate surface area is 195 Å². The molecular formula is C23H26N4O3S2. The number of fused-ring (bicyclic) bond motifs is 1. The van der Waals surface area contributed by atoms with Crippen LogP contribution in [0, 0.1) is 5.92 Å². The average molecular weight is 471 g/mol. The zero-order valence-electron chi connectivity index (χ0n) is 18.0. The van der Waals surface area contributed by atoms with Gasteiger partial charge in [-0.05, 0) is 35.7 Å². The molecule has 1 aliphatic rings. The second-order valence-electron chi connectivity index (χ2n) is 7.70. The molecule has 168 valence electrons. The number of benzene rings is 2. The van der Waals surface area contributed by atoms with E-state index in [1.54, 1.807) is 0 Å². The first-order chi connectivity index (χ1) is 15.6. The number of carbonyl (C=O) groups excluding carboxylic acids is 1. The van der Waals surface area contributed by atoms with Crippen molar-refractivity contribution in [2.45, 2.75) is 30.6 Å². The highest BCUT2D eigenvalue weighted by Crippen LogP contribution is 2.34. The lowest BCUT2D eigenvalue weighted by Gasteiger charge is -2.23. The molecule has 0 radical (unpaired) electrons. The molecule has 2 N–H and O–H groups in total. The van der Waals surface area contributed by atoms with Gasteiger partial charge in [0.25, 0.3) is 0 Å². The smallest absolute Gasteiger partial charge is 0.230 e. The molecule has 1 amide bonds. The Balaban J connectivity index is 1.34. The first kappa shape index (κ1) is 22.4. The number of hydrogen-bond acceptors (Lipinski definition) is 8. The summed E-state index contributed by atoms with van der Waals surface area (Å²) in [5.41, 5.74) is 1.96. The second-order valence-corrected chi connectivity index (χ2v) is 9.90. The van der Waals surface area contributed by atoms with Crippen molar-refractivity contribution < 1.29 is 14.3 Å². The highest BCUT2D eigenvalue weighted by Gasteiger charge is 2.21. The fraction of sp³-hybridized carbons (Fsp3) is 0.348. The highest BCUT2D eigenvalue weighted by atomic mass is 32.2. The van der Waals surface area contributed by atoms with E-state index in [1.165, 1.54) is 23.1 Å². The molecule has 1 aromatic heterocycles. The summed E-state index contributed by atoms with van der Waals surface area (Å²) in [4.78, 5) is 12.7. The molecule has 0 spiro atoms. The van der Waals surface area contributed by atoms with Crippen LogP contribution < -0.4 is 20.1 Å². The van der Waals surface area contributed by atoms with Crippen LogP contribution in [0.5, 0.6) is 11.5 Å². The van der Waals surface area contributed by atoms with Crippen LogP contribution in [0.4, 0.5) is 10.8 Å². The number of hydrogen-bond donors (Lipinski definition) is 2. The normalized spacial score (nSPS) is 14.0. The quantitative estimate of drug-likeness (QED) is 0.446. The third-order valence-corrected chi connectivity index (χ3v) is 6.84. The summed E-state index contributed by atoms with van der Waals surface area (Å²) in [6, 6.07) is 15.6. The minimum atomic E-state index is -0.120. The first-order valence-corrected chi connectivity index (χ1v) is 12.4. The van der Waals surface area contributed by atoms with Gasteiger partial charge in [0.05, 0.1) is 25.0 Å². The van der Waals surface area contributed by atoms with Gasteiger partial charge in [-0.15, -0.1) is 10.2 Å². The Bertz CT molecular complexity index is 1040. The fourth-order valence-corrected chi connectivity index (χ4v) is 4.90. The van der Waals surface area contributed by atoms with Gasteiger partial charge in [0.1, 0.15) is 0 Å². The van der Waals surface area contributed by atoms with Crippen LogP contribution in [0.15, 0.2) is 52.9 Å². The molecule has 4 rings (SSSR count). The van der Waals surface area contributed by atoms with Crippen molar-refractivity contribution in [3.8, 4) is 11.5 Å². The molecule has 0 saturated heterocycles. The Morgan fingerprint density at radius 3 is 2.66 bits per heavy atom. The number of anilines is 2. The van der Waals surface area contributed by atoms with E-state index in [0.717, 1.165) is 33.5 Å². The maximum atomic E-state index is 12.7. The van der Waals surface area contributed by atoms with E-state index >= 15 is 0 Å². The van der Waals surface area contributed by atoms with Gasteiger partial charge in [-0.3, -0.25) is 4.79 Å². The van der Waals surface area contributed by atoms with Crippen molar-refractivity contribution in [3.63, 3.8) is 0 Å². The lowest BCUT2D eigenvalue weighted by molar-refractivity contribution is -0.119. The Morgan fingerprint density at radius 2 is 1.88 bits per heavy atom. The number of ether oxygens (including phenoxy) is 2. The molecule has 0 fully saturated rings. The summed E-state index contributed by atoms with van der Waals surface area (Å²) >= 11 is 2.81. The third-order valence-electron chi connectivity index (χ3n) is 4.87. The van der Waals surface area contributed by atoms with Crippen molar-refractivity contribution in [3.05, 3.63) is 54.1 Å². The van der Waals surface area contributed by atoms with Gasteiger partial charge in [-0.2, -0.15) is 0 Å². The molecule has 32 heavy (non-hydrogen) atoms. The summed E-state index contributed by atoms with van der Waals surface area (Å²) < 4.78 is 12.3. The summed E-state index contributed by atoms with van der Waals surface area (Å²) in [7, 11) is 0. The number of aromatic nitrogens is 2. The number of carbonyl (C=O) groups is 1. The van der Waals surface area contributed by atoms with Crippen LogP contribution in [0.1, 0.15) is 31.9 Å². The van der Waals surface area contributed by atoms with Gasteiger partial charge in [0, 0.05) is 12.1 Å². The van der Waals surface area contributed by atoms with Gasteiger partial charge in [0.15, 0.2) is 15.8 Å². The number of rotatable bonds is 8. The summed E-state index contributed by atoms with van der Waals surface area (Å²) in [5, 5.41) is 15.4. The van der Waals surface area contributed by atoms with Gasteiger partial charge in [-0.1, -0.05) is 61.2 Å². The van der Waals surface area contributed by atoms with Crippen LogP contribution in [0.3, 0.4) is 0 Å². The van der Waals surface area contributed by atoms with Gasteiger partial charge >= 0.3 is 0 Å². The van der Waals surface area contributed by atoms with E-state index in [0.29, 0.717) is 18.3 Å². The average Bonchev–Trinajstić information content (AvgIpc) is 3.10. The van der Waals surface area contributed by atoms with Crippen molar-refractivity contribution in [1.82, 2.24) is 15.5 Å². The van der Waals surface area contributed by atoms with E-state index in [4.69, 9.17) is 9.47 Å². The molecular weight excluding hydrogens is 444 g/mol. The molecule has 9 heteroatoms. The van der Waals surface area contributed by atoms with Crippen molar-refractivity contribution in [2.75, 3.05) is 24.3 Å². The standard InChI is InChI=1S/C23H26N4O3S2/c1-15(2)21(16-9-10-18-19(13-16)30-12-6-11-29-18)25-20(28)14-31-23-27-26-22(32-23)24-17-7-4-3-5-8-17/h3-5,7-10,13,15,21H,6,11-12,14H2,1-2H3,(H,24,26)(H,25,28). The predicted molar refractivity (Wildman–Crippen MR) is 128 cm³/mol. The van der Waals surface area contributed by atoms with E-state index in [2.05, 4.69) is 34.7 Å². The van der Waals surface area contributed by atoms with E-state index in [9.17, 15) is 4.79 Å². The number of amides is 1. The van der Waals surface area contributed by atoms with Crippen LogP contribution in [0.2, 0.25) is 0 Å². The minimum Gasteiger partial charge on any atom is -0.490 e. The molecule has 2 heterocycles. The topological polar surface area (TPSA) is 85.4 Å². The fourth-order valence-electron chi connectivity index (χ4n) is 3.31. The van der Waals surface area contributed by atoms with Gasteiger partial charge < -0.3 is 20.1 Å². The monoisotopic (exact) mass is 470 g/mol. The van der Waals surface area contributed by atoms with Crippen LogP contribution in [-0.2, 0) is 4.79 Å². The van der Waals surface area contributed by atoms with E-state index in [-0.39, 0.29) is 23.6 Å². The zero-order valence-corrected chi connectivity index (χ0v) is 19.7. The third kappa shape index (κ3) is 5.92. The number of thioether (sulfide) groups is 1. The largest absolute Gasteiger partial charge is 0.490 e. The molecule has 7 nitrogen and oxygen atoms in total. The summed E-state index contributed by atoms with van der Waals surface area (Å²) in [5.74, 6) is 1.94. The molecule has 0 aliphatic carbocycles. The molecule has 0 bridgehead atoms. The number of nitrogens with one attached hydrogen (secondary N) is 2. The maximum Gasteiger partial charge on any atom is 0.230 e. The highest BCUT2D eigenvalue weighted by molar-refractivity contribution is 8.01. The van der Waals surface area contributed by atoms with E-state index in [1.807, 2.05) is 48.5 Å². The van der Waals surface area contributed by atoms with Crippen LogP contribution in [0.25, 0.3) is 0 Å². The zero-order chi connectivity index (χ0) is 22.3. The Hall–Kier alpha value is -2.78. The van der Waals surface area contributed by atoms with Crippen molar-refractivity contribution >= 4 is 39.8 Å². The van der Waals surface area contributed by atoms with Crippen LogP contribution in [-0.4, -0.2) is 35.1 Å². The van der Waals surface area contributed by atoms with E-state index < -0.39 is 0 Å². The predicted octanol–water partition coefficient (Wildman–Crippen LogP) is 5.05. The molecule has 3 aromatic rings. The molecule has 1 aliphatic heterocycles. The molecule has 0 saturated carbocycles. The SMILES string of the molecule is CC(C)C(NC(=O)CSc1nnc(Nc2ccccc2)s1)c1ccc2c(c1)OCCCO2. The Morgan fingerprint density at radius 1 is 1.09 bits per heavy atom. The molecule has 2 aromatic carbocycles. The molecule has 1 atom stereocenters. The summed E-state index contributed by atoms with van der Waals surface area (Å²) in [6.45, 7) is 5.47. The van der Waals surface area contributed by atoms with Crippen molar-refractivity contribution in [2.24, 2.45) is 5.92 Å². The number of nitrogens with zero attached hydrogens (tertiary/aromatic N) is 2. The molecule has 1 unspecified atom stereocenters. The Kier molecular flexibility index (Phi) is 7.49. The van der Waals surface area contributed by atoms with Gasteiger partial charge in [0.2, 0.25) is 11.0 Å². The van der Waals surface area contributed by atoms with Crippen molar-refractivity contribution in [1.29, 1.82) is 0 Å². The number of para-hydroxylation sites is 1. The first-order valence-electron chi connectivity index (χ1n) is 10.6. The maximum absolute atomic E-state index is 12.7. The second kappa shape index (κ2) is 10.7. The lowest BCUT2D eigenvalue weighted by Crippen LogP contribution is -2.33.